The standard InChI is InChI=1S/C12H15NO3/c1-8-9(5-3-4-6-14)10(15)7-11(16)12(8)13-2/h14-15H,3-7H2,1H3. The number of aliphatic hydroxyl groups is 2. The van der Waals surface area contributed by atoms with Crippen LogP contribution in [0.5, 0.6) is 0 Å². The molecule has 0 aromatic carbocycles. The second-order valence-electron chi connectivity index (χ2n) is 3.79. The SMILES string of the molecule is [C-]#[N+]C1=C(C)C(CCCCO)=C(O)CC1=O. The highest BCUT2D eigenvalue weighted by Crippen LogP contribution is 2.30. The maximum absolute atomic E-state index is 11.4. The topological polar surface area (TPSA) is 61.9 Å². The minimum atomic E-state index is -0.309. The highest BCUT2D eigenvalue weighted by Gasteiger charge is 2.24. The summed E-state index contributed by atoms with van der Waals surface area (Å²) >= 11 is 0. The second-order valence-corrected chi connectivity index (χ2v) is 3.79. The molecule has 0 saturated carbocycles. The third-order valence-corrected chi connectivity index (χ3v) is 2.70. The van der Waals surface area contributed by atoms with Crippen LogP contribution < -0.4 is 0 Å². The quantitative estimate of drug-likeness (QED) is 0.564. The summed E-state index contributed by atoms with van der Waals surface area (Å²) in [6, 6.07) is 0. The Morgan fingerprint density at radius 3 is 2.69 bits per heavy atom. The van der Waals surface area contributed by atoms with Gasteiger partial charge in [0.25, 0.3) is 0 Å². The van der Waals surface area contributed by atoms with E-state index in [0.717, 1.165) is 6.42 Å². The molecule has 1 aliphatic carbocycles. The number of hydrogen-bond donors (Lipinski definition) is 2. The molecule has 0 spiro atoms. The third-order valence-electron chi connectivity index (χ3n) is 2.70. The van der Waals surface area contributed by atoms with Crippen LogP contribution in [0.3, 0.4) is 0 Å². The molecule has 0 aromatic heterocycles. The Balaban J connectivity index is 2.90. The Labute approximate surface area is 94.7 Å². The van der Waals surface area contributed by atoms with E-state index < -0.39 is 0 Å². The third kappa shape index (κ3) is 2.50. The molecule has 86 valence electrons. The monoisotopic (exact) mass is 221 g/mol. The zero-order valence-corrected chi connectivity index (χ0v) is 9.29. The number of ketones is 1. The Hall–Kier alpha value is -1.60. The van der Waals surface area contributed by atoms with E-state index in [1.165, 1.54) is 0 Å². The van der Waals surface area contributed by atoms with E-state index in [1.807, 2.05) is 0 Å². The average molecular weight is 221 g/mol. The fourth-order valence-electron chi connectivity index (χ4n) is 1.80. The van der Waals surface area contributed by atoms with Crippen LogP contribution in [0.4, 0.5) is 0 Å². The van der Waals surface area contributed by atoms with Crippen molar-refractivity contribution in [2.45, 2.75) is 32.6 Å². The second kappa shape index (κ2) is 5.47. The number of allylic oxidation sites excluding steroid dienone is 4. The van der Waals surface area contributed by atoms with Gasteiger partial charge in [-0.25, -0.2) is 4.85 Å². The van der Waals surface area contributed by atoms with E-state index in [0.29, 0.717) is 24.0 Å². The first-order chi connectivity index (χ1) is 7.61. The Morgan fingerprint density at radius 2 is 2.12 bits per heavy atom. The predicted molar refractivity (Wildman–Crippen MR) is 59.5 cm³/mol. The molecule has 4 nitrogen and oxygen atoms in total. The molecular formula is C12H15NO3. The summed E-state index contributed by atoms with van der Waals surface area (Å²) in [5.41, 5.74) is 1.41. The number of carbonyl (C=O) groups excluding carboxylic acids is 1. The van der Waals surface area contributed by atoms with E-state index in [4.69, 9.17) is 11.7 Å². The van der Waals surface area contributed by atoms with Crippen molar-refractivity contribution in [1.82, 2.24) is 0 Å². The van der Waals surface area contributed by atoms with Gasteiger partial charge in [-0.05, 0) is 37.3 Å². The van der Waals surface area contributed by atoms with Crippen LogP contribution in [0, 0.1) is 6.57 Å². The van der Waals surface area contributed by atoms with Crippen molar-refractivity contribution in [3.05, 3.63) is 34.0 Å². The molecule has 1 rings (SSSR count). The minimum absolute atomic E-state index is 0.0660. The summed E-state index contributed by atoms with van der Waals surface area (Å²) < 4.78 is 0. The van der Waals surface area contributed by atoms with Gasteiger partial charge in [0.2, 0.25) is 5.70 Å². The van der Waals surface area contributed by atoms with Crippen LogP contribution in [0.15, 0.2) is 22.6 Å². The van der Waals surface area contributed by atoms with Crippen LogP contribution in [-0.4, -0.2) is 22.6 Å². The number of hydrogen-bond acceptors (Lipinski definition) is 3. The molecule has 0 aliphatic heterocycles. The maximum atomic E-state index is 11.4. The van der Waals surface area contributed by atoms with Gasteiger partial charge < -0.3 is 15.0 Å². The van der Waals surface area contributed by atoms with Crippen LogP contribution in [0.25, 0.3) is 4.85 Å². The highest BCUT2D eigenvalue weighted by atomic mass is 16.3. The number of rotatable bonds is 4. The zero-order chi connectivity index (χ0) is 12.1. The molecule has 2 N–H and O–H groups in total. The van der Waals surface area contributed by atoms with Crippen LogP contribution in [-0.2, 0) is 4.79 Å². The first-order valence-electron chi connectivity index (χ1n) is 5.25. The zero-order valence-electron chi connectivity index (χ0n) is 9.29. The van der Waals surface area contributed by atoms with Crippen molar-refractivity contribution in [2.24, 2.45) is 0 Å². The molecule has 0 unspecified atom stereocenters. The summed E-state index contributed by atoms with van der Waals surface area (Å²) in [4.78, 5) is 14.6. The van der Waals surface area contributed by atoms with Crippen molar-refractivity contribution in [3.63, 3.8) is 0 Å². The van der Waals surface area contributed by atoms with Crippen molar-refractivity contribution >= 4 is 5.78 Å². The fraction of sp³-hybridized carbons (Fsp3) is 0.500. The first kappa shape index (κ1) is 12.5. The molecule has 1 aliphatic rings. The number of carbonyl (C=O) groups is 1. The van der Waals surface area contributed by atoms with Crippen LogP contribution >= 0.6 is 0 Å². The fourth-order valence-corrected chi connectivity index (χ4v) is 1.80. The van der Waals surface area contributed by atoms with Gasteiger partial charge in [-0.15, -0.1) is 0 Å². The van der Waals surface area contributed by atoms with Crippen molar-refractivity contribution < 1.29 is 15.0 Å². The summed E-state index contributed by atoms with van der Waals surface area (Å²) in [6.45, 7) is 8.73. The summed E-state index contributed by atoms with van der Waals surface area (Å²) in [7, 11) is 0. The van der Waals surface area contributed by atoms with E-state index in [1.54, 1.807) is 6.92 Å². The van der Waals surface area contributed by atoms with Gasteiger partial charge in [0.1, 0.15) is 5.76 Å². The lowest BCUT2D eigenvalue weighted by Gasteiger charge is -2.17. The maximum Gasteiger partial charge on any atom is 0.232 e. The van der Waals surface area contributed by atoms with E-state index in [9.17, 15) is 9.90 Å². The Morgan fingerprint density at radius 1 is 1.44 bits per heavy atom. The van der Waals surface area contributed by atoms with Crippen molar-refractivity contribution in [2.75, 3.05) is 6.61 Å². The molecule has 0 atom stereocenters. The summed E-state index contributed by atoms with van der Waals surface area (Å²) in [5.74, 6) is -0.233. The van der Waals surface area contributed by atoms with E-state index in [-0.39, 0.29) is 30.3 Å². The summed E-state index contributed by atoms with van der Waals surface area (Å²) in [6.07, 6.45) is 1.94. The molecule has 0 radical (unpaired) electrons. The van der Waals surface area contributed by atoms with Gasteiger partial charge in [0.15, 0.2) is 5.78 Å². The molecule has 0 saturated heterocycles. The smallest absolute Gasteiger partial charge is 0.232 e. The lowest BCUT2D eigenvalue weighted by atomic mass is 9.90. The molecule has 0 aromatic rings. The molecule has 16 heavy (non-hydrogen) atoms. The van der Waals surface area contributed by atoms with Crippen molar-refractivity contribution in [1.29, 1.82) is 0 Å². The van der Waals surface area contributed by atoms with Gasteiger partial charge in [-0.2, -0.15) is 0 Å². The average Bonchev–Trinajstić information content (AvgIpc) is 2.23. The molecule has 0 heterocycles. The molecule has 0 fully saturated rings. The van der Waals surface area contributed by atoms with E-state index >= 15 is 0 Å². The largest absolute Gasteiger partial charge is 0.512 e. The van der Waals surface area contributed by atoms with Gasteiger partial charge in [-0.3, -0.25) is 0 Å². The molecule has 0 amide bonds. The van der Waals surface area contributed by atoms with Gasteiger partial charge in [-0.1, -0.05) is 0 Å². The molecular weight excluding hydrogens is 206 g/mol. The lowest BCUT2D eigenvalue weighted by molar-refractivity contribution is -0.115. The number of aliphatic hydroxyl groups excluding tert-OH is 2. The van der Waals surface area contributed by atoms with Crippen LogP contribution in [0.1, 0.15) is 32.6 Å². The number of nitrogens with zero attached hydrogens (tertiary/aromatic N) is 1. The van der Waals surface area contributed by atoms with Gasteiger partial charge in [0, 0.05) is 6.61 Å². The summed E-state index contributed by atoms with van der Waals surface area (Å²) in [5, 5.41) is 18.4. The minimum Gasteiger partial charge on any atom is -0.512 e. The van der Waals surface area contributed by atoms with Crippen molar-refractivity contribution in [3.8, 4) is 0 Å². The number of Topliss-reactive ketones (excluding diaryl/α,β-unsaturated/α-hetero) is 1. The normalized spacial score (nSPS) is 16.7. The van der Waals surface area contributed by atoms with E-state index in [2.05, 4.69) is 4.85 Å². The Bertz CT molecular complexity index is 399. The molecule has 4 heteroatoms. The van der Waals surface area contributed by atoms with Gasteiger partial charge >= 0.3 is 0 Å². The van der Waals surface area contributed by atoms with Gasteiger partial charge in [0.05, 0.1) is 13.0 Å². The predicted octanol–water partition coefficient (Wildman–Crippen LogP) is 2.13. The van der Waals surface area contributed by atoms with Crippen LogP contribution in [0.2, 0.25) is 0 Å². The molecule has 0 bridgehead atoms. The highest BCUT2D eigenvalue weighted by molar-refractivity contribution is 6.01. The first-order valence-corrected chi connectivity index (χ1v) is 5.25. The lowest BCUT2D eigenvalue weighted by Crippen LogP contribution is -2.12. The number of unbranched alkanes of at least 4 members (excludes halogenated alkanes) is 1. The Kier molecular flexibility index (Phi) is 4.27.